The van der Waals surface area contributed by atoms with Crippen LogP contribution in [0.4, 0.5) is 13.2 Å². The fourth-order valence-corrected chi connectivity index (χ4v) is 2.31. The van der Waals surface area contributed by atoms with Crippen LogP contribution in [0.1, 0.15) is 5.56 Å². The molecular weight excluding hydrogens is 312 g/mol. The Morgan fingerprint density at radius 2 is 1.70 bits per heavy atom. The van der Waals surface area contributed by atoms with Gasteiger partial charge in [-0.2, -0.15) is 13.2 Å². The Balaban J connectivity index is 2.77. The van der Waals surface area contributed by atoms with E-state index in [1.807, 2.05) is 0 Å². The fraction of sp³-hybridized carbons (Fsp3) is 0.143. The number of benzene rings is 2. The monoisotopic (exact) mass is 320 g/mol. The van der Waals surface area contributed by atoms with Crippen LogP contribution in [0.25, 0.3) is 11.1 Å². The molecule has 0 atom stereocenters. The second-order valence-corrected chi connectivity index (χ2v) is 4.85. The third-order valence-electron chi connectivity index (χ3n) is 2.75. The smallest absolute Gasteiger partial charge is 0.420 e. The van der Waals surface area contributed by atoms with Gasteiger partial charge < -0.3 is 4.74 Å². The SMILES string of the molecule is COc1cccc(-c2cc(Cl)ccc2Cl)c1C(F)(F)F. The Morgan fingerprint density at radius 1 is 1.00 bits per heavy atom. The lowest BCUT2D eigenvalue weighted by atomic mass is 9.98. The molecule has 0 heterocycles. The third kappa shape index (κ3) is 2.86. The van der Waals surface area contributed by atoms with Crippen molar-refractivity contribution in [3.8, 4) is 16.9 Å². The van der Waals surface area contributed by atoms with E-state index in [1.165, 1.54) is 43.5 Å². The van der Waals surface area contributed by atoms with E-state index >= 15 is 0 Å². The van der Waals surface area contributed by atoms with Crippen molar-refractivity contribution >= 4 is 23.2 Å². The van der Waals surface area contributed by atoms with E-state index in [-0.39, 0.29) is 21.9 Å². The number of hydrogen-bond acceptors (Lipinski definition) is 1. The van der Waals surface area contributed by atoms with Crippen molar-refractivity contribution in [2.24, 2.45) is 0 Å². The third-order valence-corrected chi connectivity index (χ3v) is 3.31. The van der Waals surface area contributed by atoms with Crippen LogP contribution in [0.15, 0.2) is 36.4 Å². The van der Waals surface area contributed by atoms with Gasteiger partial charge in [-0.1, -0.05) is 35.3 Å². The molecule has 0 amide bonds. The zero-order chi connectivity index (χ0) is 14.9. The molecular formula is C14H9Cl2F3O. The van der Waals surface area contributed by atoms with E-state index in [2.05, 4.69) is 0 Å². The lowest BCUT2D eigenvalue weighted by Gasteiger charge is -2.17. The van der Waals surface area contributed by atoms with Gasteiger partial charge in [0.15, 0.2) is 0 Å². The summed E-state index contributed by atoms with van der Waals surface area (Å²) in [6.45, 7) is 0. The van der Waals surface area contributed by atoms with Crippen LogP contribution in [-0.4, -0.2) is 7.11 Å². The predicted molar refractivity (Wildman–Crippen MR) is 73.5 cm³/mol. The highest BCUT2D eigenvalue weighted by Gasteiger charge is 2.37. The number of alkyl halides is 3. The van der Waals surface area contributed by atoms with Crippen LogP contribution in [0.2, 0.25) is 10.0 Å². The van der Waals surface area contributed by atoms with Crippen LogP contribution in [0, 0.1) is 0 Å². The molecule has 2 aromatic rings. The second kappa shape index (κ2) is 5.54. The van der Waals surface area contributed by atoms with Crippen LogP contribution < -0.4 is 4.74 Å². The van der Waals surface area contributed by atoms with Gasteiger partial charge in [-0.15, -0.1) is 0 Å². The Morgan fingerprint density at radius 3 is 2.30 bits per heavy atom. The molecule has 0 fully saturated rings. The lowest BCUT2D eigenvalue weighted by Crippen LogP contribution is -2.09. The summed E-state index contributed by atoms with van der Waals surface area (Å²) >= 11 is 11.8. The van der Waals surface area contributed by atoms with E-state index in [9.17, 15) is 13.2 Å². The summed E-state index contributed by atoms with van der Waals surface area (Å²) < 4.78 is 44.6. The average Bonchev–Trinajstić information content (AvgIpc) is 2.39. The molecule has 0 unspecified atom stereocenters. The Labute approximate surface area is 123 Å². The second-order valence-electron chi connectivity index (χ2n) is 4.00. The predicted octanol–water partition coefficient (Wildman–Crippen LogP) is 5.69. The van der Waals surface area contributed by atoms with Crippen LogP contribution in [-0.2, 0) is 6.18 Å². The summed E-state index contributed by atoms with van der Waals surface area (Å²) in [7, 11) is 1.19. The minimum absolute atomic E-state index is 0.0654. The molecule has 20 heavy (non-hydrogen) atoms. The highest BCUT2D eigenvalue weighted by atomic mass is 35.5. The van der Waals surface area contributed by atoms with E-state index in [4.69, 9.17) is 27.9 Å². The molecule has 0 bridgehead atoms. The Hall–Kier alpha value is -1.39. The Bertz CT molecular complexity index is 639. The maximum atomic E-state index is 13.3. The standard InChI is InChI=1S/C14H9Cl2F3O/c1-20-12-4-2-3-9(13(12)14(17,18)19)10-7-8(15)5-6-11(10)16/h2-7H,1H3. The molecule has 0 aliphatic carbocycles. The van der Waals surface area contributed by atoms with Crippen molar-refractivity contribution in [1.82, 2.24) is 0 Å². The van der Waals surface area contributed by atoms with Crippen LogP contribution in [0.5, 0.6) is 5.75 Å². The van der Waals surface area contributed by atoms with E-state index < -0.39 is 11.7 Å². The van der Waals surface area contributed by atoms with Gasteiger partial charge in [-0.05, 0) is 29.8 Å². The summed E-state index contributed by atoms with van der Waals surface area (Å²) in [6.07, 6.45) is -4.56. The minimum atomic E-state index is -4.56. The quantitative estimate of drug-likeness (QED) is 0.690. The van der Waals surface area contributed by atoms with Gasteiger partial charge >= 0.3 is 6.18 Å². The summed E-state index contributed by atoms with van der Waals surface area (Å²) in [5, 5.41) is 0.494. The van der Waals surface area contributed by atoms with Crippen molar-refractivity contribution in [2.45, 2.75) is 6.18 Å². The molecule has 0 aliphatic heterocycles. The van der Waals surface area contributed by atoms with Gasteiger partial charge in [-0.25, -0.2) is 0 Å². The van der Waals surface area contributed by atoms with Gasteiger partial charge in [-0.3, -0.25) is 0 Å². The molecule has 0 saturated heterocycles. The number of halogens is 5. The van der Waals surface area contributed by atoms with Gasteiger partial charge in [0, 0.05) is 15.6 Å². The number of methoxy groups -OCH3 is 1. The number of rotatable bonds is 2. The lowest BCUT2D eigenvalue weighted by molar-refractivity contribution is -0.138. The molecule has 0 aliphatic rings. The maximum Gasteiger partial charge on any atom is 0.420 e. The van der Waals surface area contributed by atoms with E-state index in [0.717, 1.165) is 0 Å². The fourth-order valence-electron chi connectivity index (χ4n) is 1.92. The first kappa shape index (κ1) is 15.0. The first-order chi connectivity index (χ1) is 9.34. The van der Waals surface area contributed by atoms with Crippen molar-refractivity contribution in [3.05, 3.63) is 52.0 Å². The average molecular weight is 321 g/mol. The highest BCUT2D eigenvalue weighted by molar-refractivity contribution is 6.35. The minimum Gasteiger partial charge on any atom is -0.496 e. The molecule has 1 nitrogen and oxygen atoms in total. The van der Waals surface area contributed by atoms with Crippen LogP contribution >= 0.6 is 23.2 Å². The van der Waals surface area contributed by atoms with Crippen LogP contribution in [0.3, 0.4) is 0 Å². The van der Waals surface area contributed by atoms with E-state index in [0.29, 0.717) is 5.02 Å². The van der Waals surface area contributed by atoms with Crippen molar-refractivity contribution in [1.29, 1.82) is 0 Å². The van der Waals surface area contributed by atoms with Gasteiger partial charge in [0.25, 0.3) is 0 Å². The molecule has 0 saturated carbocycles. The zero-order valence-corrected chi connectivity index (χ0v) is 11.8. The normalized spacial score (nSPS) is 11.5. The van der Waals surface area contributed by atoms with Gasteiger partial charge in [0.2, 0.25) is 0 Å². The number of ether oxygens (including phenoxy) is 1. The maximum absolute atomic E-state index is 13.3. The number of hydrogen-bond donors (Lipinski definition) is 0. The summed E-state index contributed by atoms with van der Waals surface area (Å²) in [6, 6.07) is 8.43. The summed E-state index contributed by atoms with van der Waals surface area (Å²) in [4.78, 5) is 0. The molecule has 2 rings (SSSR count). The van der Waals surface area contributed by atoms with E-state index in [1.54, 1.807) is 0 Å². The first-order valence-electron chi connectivity index (χ1n) is 5.54. The molecule has 0 radical (unpaired) electrons. The highest BCUT2D eigenvalue weighted by Crippen LogP contribution is 2.44. The van der Waals surface area contributed by atoms with Crippen molar-refractivity contribution in [3.63, 3.8) is 0 Å². The first-order valence-corrected chi connectivity index (χ1v) is 6.30. The summed E-state index contributed by atoms with van der Waals surface area (Å²) in [5.41, 5.74) is -0.721. The van der Waals surface area contributed by atoms with Crippen molar-refractivity contribution < 1.29 is 17.9 Å². The molecule has 2 aromatic carbocycles. The largest absolute Gasteiger partial charge is 0.496 e. The Kier molecular flexibility index (Phi) is 4.16. The molecule has 0 spiro atoms. The molecule has 6 heteroatoms. The topological polar surface area (TPSA) is 9.23 Å². The van der Waals surface area contributed by atoms with Gasteiger partial charge in [0.05, 0.1) is 7.11 Å². The molecule has 0 N–H and O–H groups in total. The zero-order valence-electron chi connectivity index (χ0n) is 10.3. The molecule has 0 aromatic heterocycles. The van der Waals surface area contributed by atoms with Crippen molar-refractivity contribution in [2.75, 3.05) is 7.11 Å². The molecule has 106 valence electrons. The summed E-state index contributed by atoms with van der Waals surface area (Å²) in [5.74, 6) is -0.258. The van der Waals surface area contributed by atoms with Gasteiger partial charge in [0.1, 0.15) is 11.3 Å².